The average molecular weight is 372 g/mol. The van der Waals surface area contributed by atoms with Gasteiger partial charge in [0.05, 0.1) is 0 Å². The third-order valence-electron chi connectivity index (χ3n) is 3.68. The predicted octanol–water partition coefficient (Wildman–Crippen LogP) is 2.81. The third kappa shape index (κ3) is 6.51. The quantitative estimate of drug-likeness (QED) is 0.308. The number of anilines is 1. The van der Waals surface area contributed by atoms with Gasteiger partial charge in [0.15, 0.2) is 0 Å². The van der Waals surface area contributed by atoms with Crippen molar-refractivity contribution in [3.8, 4) is 11.8 Å². The van der Waals surface area contributed by atoms with Crippen molar-refractivity contribution in [1.29, 1.82) is 5.26 Å². The van der Waals surface area contributed by atoms with Crippen molar-refractivity contribution in [1.82, 2.24) is 0 Å². The molecule has 0 spiro atoms. The van der Waals surface area contributed by atoms with E-state index in [0.717, 1.165) is 18.8 Å². The van der Waals surface area contributed by atoms with Crippen molar-refractivity contribution in [2.24, 2.45) is 0 Å². The number of carbonyl (C=O) groups is 2. The summed E-state index contributed by atoms with van der Waals surface area (Å²) in [6, 6.07) is 6.76. The maximum absolute atomic E-state index is 12.0. The summed E-state index contributed by atoms with van der Waals surface area (Å²) in [5.41, 5.74) is 1.14. The Kier molecular flexibility index (Phi) is 8.60. The Bertz CT molecular complexity index is 773. The number of phenols is 1. The van der Waals surface area contributed by atoms with Crippen molar-refractivity contribution in [2.75, 3.05) is 31.2 Å². The molecule has 0 bridgehead atoms. The predicted molar refractivity (Wildman–Crippen MR) is 102 cm³/mol. The van der Waals surface area contributed by atoms with Crippen LogP contribution in [0.25, 0.3) is 6.08 Å². The second kappa shape index (κ2) is 10.7. The molecule has 0 heterocycles. The van der Waals surface area contributed by atoms with Crippen LogP contribution in [0.1, 0.15) is 26.3 Å². The van der Waals surface area contributed by atoms with Gasteiger partial charge in [-0.15, -0.1) is 0 Å². The van der Waals surface area contributed by atoms with E-state index in [1.54, 1.807) is 24.3 Å². The van der Waals surface area contributed by atoms with Crippen LogP contribution in [0, 0.1) is 11.3 Å². The highest BCUT2D eigenvalue weighted by Gasteiger charge is 2.13. The van der Waals surface area contributed by atoms with Crippen LogP contribution in [0.3, 0.4) is 0 Å². The van der Waals surface area contributed by atoms with Crippen LogP contribution in [-0.4, -0.2) is 43.3 Å². The smallest absolute Gasteiger partial charge is 0.349 e. The summed E-state index contributed by atoms with van der Waals surface area (Å²) in [7, 11) is 0. The Morgan fingerprint density at radius 1 is 1.22 bits per heavy atom. The largest absolute Gasteiger partial charge is 0.507 e. The average Bonchev–Trinajstić information content (AvgIpc) is 2.65. The van der Waals surface area contributed by atoms with E-state index < -0.39 is 11.9 Å². The standard InChI is InChI=1S/C20H24N2O5/c1-5-22(6-2)17-8-7-15(18(23)12-17)11-16(13-21)20(25)27-10-9-26-19(24)14(3)4/h7-8,11-12,23H,3,5-6,9-10H2,1-2,4H3/b16-11+. The molecule has 7 nitrogen and oxygen atoms in total. The lowest BCUT2D eigenvalue weighted by Gasteiger charge is -2.21. The number of nitriles is 1. The Balaban J connectivity index is 2.79. The molecule has 0 saturated carbocycles. The molecule has 0 aliphatic rings. The van der Waals surface area contributed by atoms with Gasteiger partial charge < -0.3 is 19.5 Å². The zero-order valence-corrected chi connectivity index (χ0v) is 15.8. The minimum Gasteiger partial charge on any atom is -0.507 e. The van der Waals surface area contributed by atoms with Crippen LogP contribution >= 0.6 is 0 Å². The number of carbonyl (C=O) groups excluding carboxylic acids is 2. The van der Waals surface area contributed by atoms with Crippen molar-refractivity contribution in [3.05, 3.63) is 41.5 Å². The maximum atomic E-state index is 12.0. The van der Waals surface area contributed by atoms with Gasteiger partial charge in [0, 0.05) is 36.0 Å². The van der Waals surface area contributed by atoms with E-state index in [1.807, 2.05) is 13.8 Å². The summed E-state index contributed by atoms with van der Waals surface area (Å²) in [6.45, 7) is 10.2. The van der Waals surface area contributed by atoms with E-state index in [9.17, 15) is 20.0 Å². The topological polar surface area (TPSA) is 99.9 Å². The fourth-order valence-corrected chi connectivity index (χ4v) is 2.20. The van der Waals surface area contributed by atoms with Gasteiger partial charge >= 0.3 is 11.9 Å². The zero-order valence-electron chi connectivity index (χ0n) is 15.8. The van der Waals surface area contributed by atoms with Crippen LogP contribution in [0.15, 0.2) is 35.9 Å². The third-order valence-corrected chi connectivity index (χ3v) is 3.68. The number of benzene rings is 1. The maximum Gasteiger partial charge on any atom is 0.349 e. The molecule has 0 aliphatic carbocycles. The van der Waals surface area contributed by atoms with Gasteiger partial charge in [0.1, 0.15) is 30.6 Å². The molecule has 0 amide bonds. The number of hydrogen-bond acceptors (Lipinski definition) is 7. The second-order valence-electron chi connectivity index (χ2n) is 5.64. The van der Waals surface area contributed by atoms with Gasteiger partial charge in [-0.25, -0.2) is 9.59 Å². The van der Waals surface area contributed by atoms with Gasteiger partial charge in [-0.3, -0.25) is 0 Å². The lowest BCUT2D eigenvalue weighted by molar-refractivity contribution is -0.147. The first-order chi connectivity index (χ1) is 12.8. The molecule has 0 atom stereocenters. The SMILES string of the molecule is C=C(C)C(=O)OCCOC(=O)/C(C#N)=C/c1ccc(N(CC)CC)cc1O. The highest BCUT2D eigenvalue weighted by atomic mass is 16.6. The first kappa shape index (κ1) is 21.8. The summed E-state index contributed by atoms with van der Waals surface area (Å²) < 4.78 is 9.71. The number of nitrogens with zero attached hydrogens (tertiary/aromatic N) is 2. The van der Waals surface area contributed by atoms with E-state index in [2.05, 4.69) is 11.5 Å². The molecule has 0 saturated heterocycles. The van der Waals surface area contributed by atoms with Gasteiger partial charge in [-0.1, -0.05) is 6.58 Å². The molecule has 1 rings (SSSR count). The molecule has 1 aromatic rings. The molecule has 144 valence electrons. The lowest BCUT2D eigenvalue weighted by atomic mass is 10.1. The first-order valence-electron chi connectivity index (χ1n) is 8.53. The van der Waals surface area contributed by atoms with Crippen molar-refractivity contribution in [3.63, 3.8) is 0 Å². The number of rotatable bonds is 9. The fourth-order valence-electron chi connectivity index (χ4n) is 2.20. The van der Waals surface area contributed by atoms with Crippen LogP contribution in [0.5, 0.6) is 5.75 Å². The van der Waals surface area contributed by atoms with Crippen molar-refractivity contribution < 1.29 is 24.2 Å². The van der Waals surface area contributed by atoms with E-state index in [-0.39, 0.29) is 30.1 Å². The first-order valence-corrected chi connectivity index (χ1v) is 8.53. The van der Waals surface area contributed by atoms with Crippen LogP contribution in [0.4, 0.5) is 5.69 Å². The minimum absolute atomic E-state index is 0.0460. The summed E-state index contributed by atoms with van der Waals surface area (Å²) >= 11 is 0. The number of hydrogen-bond donors (Lipinski definition) is 1. The molecular formula is C20H24N2O5. The van der Waals surface area contributed by atoms with Crippen molar-refractivity contribution >= 4 is 23.7 Å². The normalized spacial score (nSPS) is 10.7. The molecule has 0 aromatic heterocycles. The molecule has 0 fully saturated rings. The zero-order chi connectivity index (χ0) is 20.4. The van der Waals surface area contributed by atoms with Crippen LogP contribution in [-0.2, 0) is 19.1 Å². The van der Waals surface area contributed by atoms with Gasteiger partial charge in [0.2, 0.25) is 0 Å². The summed E-state index contributed by atoms with van der Waals surface area (Å²) in [5.74, 6) is -1.49. The van der Waals surface area contributed by atoms with E-state index in [0.29, 0.717) is 5.56 Å². The summed E-state index contributed by atoms with van der Waals surface area (Å²) in [6.07, 6.45) is 1.25. The number of ether oxygens (including phenoxy) is 2. The fraction of sp³-hybridized carbons (Fsp3) is 0.350. The molecule has 0 aliphatic heterocycles. The highest BCUT2D eigenvalue weighted by molar-refractivity contribution is 5.98. The molecular weight excluding hydrogens is 348 g/mol. The van der Waals surface area contributed by atoms with Gasteiger partial charge in [0.25, 0.3) is 0 Å². The van der Waals surface area contributed by atoms with Crippen LogP contribution in [0.2, 0.25) is 0 Å². The number of esters is 2. The van der Waals surface area contributed by atoms with E-state index in [4.69, 9.17) is 9.47 Å². The van der Waals surface area contributed by atoms with E-state index in [1.165, 1.54) is 13.0 Å². The minimum atomic E-state index is -0.865. The molecule has 7 heteroatoms. The molecule has 0 radical (unpaired) electrons. The number of phenolic OH excluding ortho intramolecular Hbond substituents is 1. The Morgan fingerprint density at radius 2 is 1.81 bits per heavy atom. The molecule has 1 N–H and O–H groups in total. The molecule has 27 heavy (non-hydrogen) atoms. The summed E-state index contributed by atoms with van der Waals surface area (Å²) in [4.78, 5) is 25.2. The van der Waals surface area contributed by atoms with Gasteiger partial charge in [-0.2, -0.15) is 5.26 Å². The molecule has 0 unspecified atom stereocenters. The Hall–Kier alpha value is -3.27. The highest BCUT2D eigenvalue weighted by Crippen LogP contribution is 2.26. The summed E-state index contributed by atoms with van der Waals surface area (Å²) in [5, 5.41) is 19.4. The Labute approximate surface area is 159 Å². The van der Waals surface area contributed by atoms with Crippen molar-refractivity contribution in [2.45, 2.75) is 20.8 Å². The lowest BCUT2D eigenvalue weighted by Crippen LogP contribution is -2.21. The molecule has 1 aromatic carbocycles. The van der Waals surface area contributed by atoms with Crippen LogP contribution < -0.4 is 4.90 Å². The number of aromatic hydroxyl groups is 1. The van der Waals surface area contributed by atoms with Gasteiger partial charge in [-0.05, 0) is 39.0 Å². The monoisotopic (exact) mass is 372 g/mol. The van der Waals surface area contributed by atoms with E-state index >= 15 is 0 Å². The Morgan fingerprint density at radius 3 is 2.30 bits per heavy atom. The second-order valence-corrected chi connectivity index (χ2v) is 5.64.